The molecule has 2 aliphatic rings. The summed E-state index contributed by atoms with van der Waals surface area (Å²) in [4.78, 5) is 28.5. The number of alkyl halides is 3. The van der Waals surface area contributed by atoms with Gasteiger partial charge in [-0.3, -0.25) is 4.79 Å². The number of carbonyl (C=O) groups is 2. The third-order valence-corrected chi connectivity index (χ3v) is 5.60. The third-order valence-electron chi connectivity index (χ3n) is 5.60. The highest BCUT2D eigenvalue weighted by Gasteiger charge is 2.33. The molecule has 2 heterocycles. The van der Waals surface area contributed by atoms with E-state index in [-0.39, 0.29) is 23.6 Å². The second kappa shape index (κ2) is 9.14. The van der Waals surface area contributed by atoms with Gasteiger partial charge in [0, 0.05) is 38.1 Å². The maximum absolute atomic E-state index is 13.2. The van der Waals surface area contributed by atoms with E-state index in [1.54, 1.807) is 4.90 Å². The second-order valence-corrected chi connectivity index (χ2v) is 8.28. The van der Waals surface area contributed by atoms with Crippen LogP contribution in [0.4, 0.5) is 29.3 Å². The van der Waals surface area contributed by atoms with Crippen molar-refractivity contribution < 1.29 is 22.8 Å². The zero-order valence-corrected chi connectivity index (χ0v) is 17.4. The summed E-state index contributed by atoms with van der Waals surface area (Å²) in [6.07, 6.45) is -1.47. The van der Waals surface area contributed by atoms with Crippen LogP contribution in [0.25, 0.3) is 0 Å². The lowest BCUT2D eigenvalue weighted by Gasteiger charge is -2.32. The van der Waals surface area contributed by atoms with E-state index in [9.17, 15) is 22.8 Å². The Hall–Kier alpha value is -2.45. The van der Waals surface area contributed by atoms with Gasteiger partial charge in [0.15, 0.2) is 0 Å². The van der Waals surface area contributed by atoms with Crippen molar-refractivity contribution in [2.24, 2.45) is 5.92 Å². The molecule has 9 heteroatoms. The van der Waals surface area contributed by atoms with Crippen LogP contribution in [-0.4, -0.2) is 49.1 Å². The molecule has 0 unspecified atom stereocenters. The van der Waals surface area contributed by atoms with Gasteiger partial charge < -0.3 is 20.4 Å². The number of nitrogens with zero attached hydrogens (tertiary/aromatic N) is 2. The number of likely N-dealkylation sites (tertiary alicyclic amines) is 1. The number of anilines is 2. The number of halogens is 3. The highest BCUT2D eigenvalue weighted by molar-refractivity contribution is 5.93. The van der Waals surface area contributed by atoms with Crippen LogP contribution < -0.4 is 15.5 Å². The summed E-state index contributed by atoms with van der Waals surface area (Å²) in [5, 5.41) is 5.58. The standard InChI is InChI=1S/C21H29F3N4O2/c1-14(2)25-19(29)15-7-11-28(12-8-15)20(30)26-17-13-16(21(22,23)24)5-6-18(17)27-9-3-4-10-27/h5-6,13-15H,3-4,7-12H2,1-2H3,(H,25,29)(H,26,30). The molecule has 0 aromatic heterocycles. The number of nitrogens with one attached hydrogen (secondary N) is 2. The van der Waals surface area contributed by atoms with Gasteiger partial charge in [-0.05, 0) is 57.7 Å². The van der Waals surface area contributed by atoms with E-state index in [0.717, 1.165) is 38.1 Å². The Morgan fingerprint density at radius 2 is 1.70 bits per heavy atom. The fourth-order valence-electron chi connectivity index (χ4n) is 3.99. The van der Waals surface area contributed by atoms with Crippen molar-refractivity contribution in [1.29, 1.82) is 0 Å². The van der Waals surface area contributed by atoms with Gasteiger partial charge >= 0.3 is 12.2 Å². The van der Waals surface area contributed by atoms with Crippen molar-refractivity contribution in [3.05, 3.63) is 23.8 Å². The zero-order valence-electron chi connectivity index (χ0n) is 17.4. The van der Waals surface area contributed by atoms with E-state index < -0.39 is 17.8 Å². The van der Waals surface area contributed by atoms with Crippen LogP contribution in [-0.2, 0) is 11.0 Å². The number of piperidine rings is 1. The minimum atomic E-state index is -4.48. The summed E-state index contributed by atoms with van der Waals surface area (Å²) >= 11 is 0. The fourth-order valence-corrected chi connectivity index (χ4v) is 3.99. The quantitative estimate of drug-likeness (QED) is 0.763. The predicted octanol–water partition coefficient (Wildman–Crippen LogP) is 4.07. The van der Waals surface area contributed by atoms with Crippen molar-refractivity contribution >= 4 is 23.3 Å². The molecule has 6 nitrogen and oxygen atoms in total. The smallest absolute Gasteiger partial charge is 0.370 e. The van der Waals surface area contributed by atoms with Crippen LogP contribution in [0, 0.1) is 5.92 Å². The minimum absolute atomic E-state index is 0.0146. The van der Waals surface area contributed by atoms with Crippen LogP contribution in [0.2, 0.25) is 0 Å². The topological polar surface area (TPSA) is 64.7 Å². The van der Waals surface area contributed by atoms with Crippen LogP contribution in [0.5, 0.6) is 0 Å². The minimum Gasteiger partial charge on any atom is -0.370 e. The molecule has 0 bridgehead atoms. The van der Waals surface area contributed by atoms with Crippen molar-refractivity contribution in [3.63, 3.8) is 0 Å². The third kappa shape index (κ3) is 5.37. The van der Waals surface area contributed by atoms with Gasteiger partial charge in [0.1, 0.15) is 0 Å². The van der Waals surface area contributed by atoms with Crippen LogP contribution in [0.3, 0.4) is 0 Å². The van der Waals surface area contributed by atoms with E-state index in [2.05, 4.69) is 10.6 Å². The lowest BCUT2D eigenvalue weighted by Crippen LogP contribution is -2.45. The Balaban J connectivity index is 1.69. The highest BCUT2D eigenvalue weighted by Crippen LogP contribution is 2.36. The molecule has 166 valence electrons. The predicted molar refractivity (Wildman–Crippen MR) is 109 cm³/mol. The van der Waals surface area contributed by atoms with Gasteiger partial charge in [0.25, 0.3) is 0 Å². The molecule has 0 radical (unpaired) electrons. The van der Waals surface area contributed by atoms with Gasteiger partial charge in [-0.1, -0.05) is 0 Å². The number of amides is 3. The molecule has 1 aromatic carbocycles. The Morgan fingerprint density at radius 1 is 1.07 bits per heavy atom. The summed E-state index contributed by atoms with van der Waals surface area (Å²) in [5.74, 6) is -0.163. The zero-order chi connectivity index (χ0) is 21.9. The summed E-state index contributed by atoms with van der Waals surface area (Å²) < 4.78 is 39.6. The first-order valence-corrected chi connectivity index (χ1v) is 10.5. The molecule has 2 aliphatic heterocycles. The van der Waals surface area contributed by atoms with Gasteiger partial charge in [-0.2, -0.15) is 13.2 Å². The Morgan fingerprint density at radius 3 is 2.27 bits per heavy atom. The van der Waals surface area contributed by atoms with Crippen LogP contribution in [0.15, 0.2) is 18.2 Å². The summed E-state index contributed by atoms with van der Waals surface area (Å²) in [7, 11) is 0. The second-order valence-electron chi connectivity index (χ2n) is 8.28. The molecule has 0 saturated carbocycles. The van der Waals surface area contributed by atoms with E-state index in [4.69, 9.17) is 0 Å². The summed E-state index contributed by atoms with van der Waals surface area (Å²) in [6.45, 7) is 6.08. The van der Waals surface area contributed by atoms with E-state index >= 15 is 0 Å². The normalized spacial score (nSPS) is 18.1. The lowest BCUT2D eigenvalue weighted by atomic mass is 9.96. The maximum atomic E-state index is 13.2. The molecule has 0 spiro atoms. The van der Waals surface area contributed by atoms with Crippen LogP contribution in [0.1, 0.15) is 45.1 Å². The van der Waals surface area contributed by atoms with Crippen molar-refractivity contribution in [1.82, 2.24) is 10.2 Å². The Labute approximate surface area is 174 Å². The molecular weight excluding hydrogens is 397 g/mol. The first kappa shape index (κ1) is 22.2. The van der Waals surface area contributed by atoms with Crippen molar-refractivity contribution in [2.45, 2.75) is 51.7 Å². The van der Waals surface area contributed by atoms with Gasteiger partial charge in [0.05, 0.1) is 16.9 Å². The molecule has 2 saturated heterocycles. The fraction of sp³-hybridized carbons (Fsp3) is 0.619. The lowest BCUT2D eigenvalue weighted by molar-refractivity contribution is -0.137. The van der Waals surface area contributed by atoms with Gasteiger partial charge in [-0.15, -0.1) is 0 Å². The number of hydrogen-bond acceptors (Lipinski definition) is 3. The van der Waals surface area contributed by atoms with E-state index in [1.807, 2.05) is 18.7 Å². The summed E-state index contributed by atoms with van der Waals surface area (Å²) in [5.41, 5.74) is 0.00116. The maximum Gasteiger partial charge on any atom is 0.416 e. The average Bonchev–Trinajstić information content (AvgIpc) is 3.21. The van der Waals surface area contributed by atoms with Gasteiger partial charge in [0.2, 0.25) is 5.91 Å². The number of carbonyl (C=O) groups excluding carboxylic acids is 2. The monoisotopic (exact) mass is 426 g/mol. The molecule has 2 N–H and O–H groups in total. The number of rotatable bonds is 4. The first-order valence-electron chi connectivity index (χ1n) is 10.5. The Bertz CT molecular complexity index is 768. The summed E-state index contributed by atoms with van der Waals surface area (Å²) in [6, 6.07) is 3.13. The molecule has 3 rings (SSSR count). The molecule has 0 atom stereocenters. The number of benzene rings is 1. The first-order chi connectivity index (χ1) is 14.1. The van der Waals surface area contributed by atoms with E-state index in [0.29, 0.717) is 31.6 Å². The Kier molecular flexibility index (Phi) is 6.77. The van der Waals surface area contributed by atoms with E-state index in [1.165, 1.54) is 6.07 Å². The SMILES string of the molecule is CC(C)NC(=O)C1CCN(C(=O)Nc2cc(C(F)(F)F)ccc2N2CCCC2)CC1. The molecule has 30 heavy (non-hydrogen) atoms. The van der Waals surface area contributed by atoms with Crippen molar-refractivity contribution in [3.8, 4) is 0 Å². The van der Waals surface area contributed by atoms with Gasteiger partial charge in [-0.25, -0.2) is 4.79 Å². The largest absolute Gasteiger partial charge is 0.416 e. The highest BCUT2D eigenvalue weighted by atomic mass is 19.4. The molecule has 2 fully saturated rings. The van der Waals surface area contributed by atoms with Crippen molar-refractivity contribution in [2.75, 3.05) is 36.4 Å². The average molecular weight is 426 g/mol. The number of urea groups is 1. The molecule has 0 aliphatic carbocycles. The molecule has 1 aromatic rings. The van der Waals surface area contributed by atoms with Crippen LogP contribution >= 0.6 is 0 Å². The molecular formula is C21H29F3N4O2. The number of hydrogen-bond donors (Lipinski definition) is 2. The molecule has 3 amide bonds.